The molecule has 1 aromatic rings. The van der Waals surface area contributed by atoms with Crippen molar-refractivity contribution in [2.24, 2.45) is 0 Å². The lowest BCUT2D eigenvalue weighted by Gasteiger charge is -2.10. The number of aliphatic hydroxyl groups is 1. The fourth-order valence-electron chi connectivity index (χ4n) is 1.20. The highest BCUT2D eigenvalue weighted by molar-refractivity contribution is 5.76. The quantitative estimate of drug-likeness (QED) is 0.491. The van der Waals surface area contributed by atoms with Gasteiger partial charge in [-0.3, -0.25) is 4.79 Å². The smallest absolute Gasteiger partial charge is 0.337 e. The Bertz CT molecular complexity index is 444. The third kappa shape index (κ3) is 3.35. The lowest BCUT2D eigenvalue weighted by Crippen LogP contribution is -2.13. The third-order valence-electron chi connectivity index (χ3n) is 2.00. The van der Waals surface area contributed by atoms with E-state index in [1.54, 1.807) is 0 Å². The van der Waals surface area contributed by atoms with Gasteiger partial charge in [-0.1, -0.05) is 6.07 Å². The van der Waals surface area contributed by atoms with Crippen LogP contribution in [0, 0.1) is 0 Å². The maximum atomic E-state index is 10.5. The van der Waals surface area contributed by atoms with Crippen molar-refractivity contribution in [2.75, 3.05) is 11.9 Å². The fraction of sp³-hybridized carbons (Fsp3) is 0.200. The van der Waals surface area contributed by atoms with Gasteiger partial charge >= 0.3 is 11.9 Å². The van der Waals surface area contributed by atoms with E-state index in [0.29, 0.717) is 5.69 Å². The first-order chi connectivity index (χ1) is 7.91. The average Bonchev–Trinajstić information content (AvgIpc) is 2.25. The molecular weight excluding hydrogens is 230 g/mol. The number of hydrogen-bond acceptors (Lipinski definition) is 5. The van der Waals surface area contributed by atoms with E-state index in [4.69, 9.17) is 10.2 Å². The second-order valence-electron chi connectivity index (χ2n) is 3.26. The van der Waals surface area contributed by atoms with Crippen LogP contribution in [0.4, 0.5) is 5.69 Å². The highest BCUT2D eigenvalue weighted by Crippen LogP contribution is 2.27. The normalized spacial score (nSPS) is 11.8. The summed E-state index contributed by atoms with van der Waals surface area (Å²) < 4.78 is 0. The SMILES string of the molecule is O=C(O)CNc1ccc(C(O)C(=O)O)c(O)c1. The molecular formula is C10H11NO6. The number of carboxylic acid groups (broad SMARTS) is 2. The van der Waals surface area contributed by atoms with Gasteiger partial charge in [0.05, 0.1) is 0 Å². The molecule has 1 rings (SSSR count). The molecule has 0 aliphatic carbocycles. The molecule has 0 spiro atoms. The largest absolute Gasteiger partial charge is 0.507 e. The Morgan fingerprint density at radius 2 is 1.94 bits per heavy atom. The van der Waals surface area contributed by atoms with Crippen molar-refractivity contribution in [3.05, 3.63) is 23.8 Å². The lowest BCUT2D eigenvalue weighted by molar-refractivity contribution is -0.147. The number of hydrogen-bond donors (Lipinski definition) is 5. The predicted molar refractivity (Wildman–Crippen MR) is 56.8 cm³/mol. The van der Waals surface area contributed by atoms with E-state index < -0.39 is 23.8 Å². The molecule has 17 heavy (non-hydrogen) atoms. The van der Waals surface area contributed by atoms with Gasteiger partial charge in [-0.25, -0.2) is 4.79 Å². The second kappa shape index (κ2) is 5.17. The molecule has 7 heteroatoms. The van der Waals surface area contributed by atoms with Gasteiger partial charge in [0.1, 0.15) is 12.3 Å². The zero-order valence-electron chi connectivity index (χ0n) is 8.62. The van der Waals surface area contributed by atoms with E-state index in [9.17, 15) is 19.8 Å². The minimum absolute atomic E-state index is 0.154. The van der Waals surface area contributed by atoms with Crippen LogP contribution in [0.15, 0.2) is 18.2 Å². The fourth-order valence-corrected chi connectivity index (χ4v) is 1.20. The van der Waals surface area contributed by atoms with Crippen LogP contribution in [0.2, 0.25) is 0 Å². The number of carbonyl (C=O) groups is 2. The van der Waals surface area contributed by atoms with Gasteiger partial charge in [0, 0.05) is 17.3 Å². The van der Waals surface area contributed by atoms with Crippen LogP contribution in [0.25, 0.3) is 0 Å². The van der Waals surface area contributed by atoms with Crippen molar-refractivity contribution in [3.63, 3.8) is 0 Å². The summed E-state index contributed by atoms with van der Waals surface area (Å²) in [4.78, 5) is 20.8. The van der Waals surface area contributed by atoms with Crippen LogP contribution in [0.5, 0.6) is 5.75 Å². The summed E-state index contributed by atoms with van der Waals surface area (Å²) in [6.45, 7) is -0.333. The first-order valence-electron chi connectivity index (χ1n) is 4.61. The molecule has 0 aliphatic rings. The van der Waals surface area contributed by atoms with Crippen LogP contribution in [-0.4, -0.2) is 38.9 Å². The molecule has 5 N–H and O–H groups in total. The van der Waals surface area contributed by atoms with Gasteiger partial charge in [-0.2, -0.15) is 0 Å². The van der Waals surface area contributed by atoms with Gasteiger partial charge in [-0.05, 0) is 6.07 Å². The first kappa shape index (κ1) is 12.8. The molecule has 0 saturated heterocycles. The van der Waals surface area contributed by atoms with Crippen molar-refractivity contribution in [3.8, 4) is 5.75 Å². The molecule has 92 valence electrons. The summed E-state index contributed by atoms with van der Waals surface area (Å²) in [6.07, 6.45) is -1.82. The summed E-state index contributed by atoms with van der Waals surface area (Å²) >= 11 is 0. The number of phenols is 1. The Hall–Kier alpha value is -2.28. The number of phenolic OH excluding ortho intramolecular Hbond substituents is 1. The maximum absolute atomic E-state index is 10.5. The Morgan fingerprint density at radius 1 is 1.29 bits per heavy atom. The number of aliphatic carboxylic acids is 2. The van der Waals surface area contributed by atoms with Crippen molar-refractivity contribution >= 4 is 17.6 Å². The molecule has 1 unspecified atom stereocenters. The summed E-state index contributed by atoms with van der Waals surface area (Å²) in [6, 6.07) is 3.72. The number of aliphatic hydroxyl groups excluding tert-OH is 1. The number of nitrogens with one attached hydrogen (secondary N) is 1. The van der Waals surface area contributed by atoms with Crippen LogP contribution in [0.1, 0.15) is 11.7 Å². The standard InChI is InChI=1S/C10H11NO6/c12-7-3-5(11-4-8(13)14)1-2-6(7)9(15)10(16)17/h1-3,9,11-12,15H,4H2,(H,13,14)(H,16,17). The van der Waals surface area contributed by atoms with E-state index in [2.05, 4.69) is 5.32 Å². The number of benzene rings is 1. The summed E-state index contributed by atoms with van der Waals surface area (Å²) in [5.74, 6) is -2.97. The average molecular weight is 241 g/mol. The Morgan fingerprint density at radius 3 is 2.41 bits per heavy atom. The van der Waals surface area contributed by atoms with Crippen LogP contribution in [-0.2, 0) is 9.59 Å². The zero-order chi connectivity index (χ0) is 13.0. The van der Waals surface area contributed by atoms with E-state index in [1.165, 1.54) is 12.1 Å². The van der Waals surface area contributed by atoms with E-state index in [-0.39, 0.29) is 12.1 Å². The minimum Gasteiger partial charge on any atom is -0.507 e. The molecule has 0 saturated carbocycles. The molecule has 1 aromatic carbocycles. The second-order valence-corrected chi connectivity index (χ2v) is 3.26. The molecule has 1 atom stereocenters. The van der Waals surface area contributed by atoms with Gasteiger partial charge in [-0.15, -0.1) is 0 Å². The molecule has 0 amide bonds. The third-order valence-corrected chi connectivity index (χ3v) is 2.00. The van der Waals surface area contributed by atoms with Crippen LogP contribution >= 0.6 is 0 Å². The van der Waals surface area contributed by atoms with E-state index in [0.717, 1.165) is 6.07 Å². The van der Waals surface area contributed by atoms with Crippen LogP contribution in [0.3, 0.4) is 0 Å². The van der Waals surface area contributed by atoms with Crippen molar-refractivity contribution < 1.29 is 30.0 Å². The molecule has 0 radical (unpaired) electrons. The van der Waals surface area contributed by atoms with E-state index >= 15 is 0 Å². The monoisotopic (exact) mass is 241 g/mol. The van der Waals surface area contributed by atoms with Crippen molar-refractivity contribution in [1.82, 2.24) is 0 Å². The zero-order valence-corrected chi connectivity index (χ0v) is 8.62. The Balaban J connectivity index is 2.86. The summed E-state index contributed by atoms with van der Waals surface area (Å²) in [7, 11) is 0. The Labute approximate surface area is 95.9 Å². The lowest BCUT2D eigenvalue weighted by atomic mass is 10.1. The molecule has 0 aromatic heterocycles. The highest BCUT2D eigenvalue weighted by Gasteiger charge is 2.19. The van der Waals surface area contributed by atoms with E-state index in [1.807, 2.05) is 0 Å². The highest BCUT2D eigenvalue weighted by atomic mass is 16.4. The summed E-state index contributed by atoms with van der Waals surface area (Å²) in [5, 5.41) is 38.1. The maximum Gasteiger partial charge on any atom is 0.337 e. The molecule has 0 fully saturated rings. The van der Waals surface area contributed by atoms with Gasteiger partial charge in [0.15, 0.2) is 6.10 Å². The van der Waals surface area contributed by atoms with Crippen molar-refractivity contribution in [2.45, 2.75) is 6.10 Å². The van der Waals surface area contributed by atoms with Crippen LogP contribution < -0.4 is 5.32 Å². The predicted octanol–water partition coefficient (Wildman–Crippen LogP) is 0.00670. The topological polar surface area (TPSA) is 127 Å². The minimum atomic E-state index is -1.82. The number of anilines is 1. The first-order valence-corrected chi connectivity index (χ1v) is 4.61. The number of carboxylic acids is 2. The number of rotatable bonds is 5. The number of aromatic hydroxyl groups is 1. The van der Waals surface area contributed by atoms with Crippen molar-refractivity contribution in [1.29, 1.82) is 0 Å². The van der Waals surface area contributed by atoms with Gasteiger partial charge in [0.25, 0.3) is 0 Å². The molecule has 7 nitrogen and oxygen atoms in total. The molecule has 0 heterocycles. The Kier molecular flexibility index (Phi) is 3.89. The molecule has 0 bridgehead atoms. The van der Waals surface area contributed by atoms with Gasteiger partial charge < -0.3 is 25.7 Å². The summed E-state index contributed by atoms with van der Waals surface area (Å²) in [5.41, 5.74) is 0.157. The molecule has 0 aliphatic heterocycles. The van der Waals surface area contributed by atoms with Gasteiger partial charge in [0.2, 0.25) is 0 Å².